The lowest BCUT2D eigenvalue weighted by Gasteiger charge is -2.28. The zero-order valence-corrected chi connectivity index (χ0v) is 23.6. The lowest BCUT2D eigenvalue weighted by molar-refractivity contribution is -0.143. The van der Waals surface area contributed by atoms with Crippen molar-refractivity contribution in [3.8, 4) is 11.1 Å². The quantitative estimate of drug-likeness (QED) is 0.172. The second kappa shape index (κ2) is 13.1. The number of benzene rings is 3. The van der Waals surface area contributed by atoms with E-state index >= 15 is 0 Å². The molecule has 0 amide bonds. The number of carboxylic acids is 1. The van der Waals surface area contributed by atoms with Crippen molar-refractivity contribution in [2.45, 2.75) is 71.6 Å². The number of hydrogen-bond donors (Lipinski definition) is 1. The number of halogens is 6. The Morgan fingerprint density at radius 2 is 1.41 bits per heavy atom. The van der Waals surface area contributed by atoms with E-state index in [1.165, 1.54) is 12.1 Å². The molecule has 0 heterocycles. The van der Waals surface area contributed by atoms with Gasteiger partial charge in [0.2, 0.25) is 0 Å². The number of carboxylic acid groups (broad SMARTS) is 1. The molecule has 0 aromatic heterocycles. The summed E-state index contributed by atoms with van der Waals surface area (Å²) in [7, 11) is 0. The Kier molecular flexibility index (Phi) is 10.3. The highest BCUT2D eigenvalue weighted by molar-refractivity contribution is 5.82. The van der Waals surface area contributed by atoms with Crippen molar-refractivity contribution in [1.29, 1.82) is 0 Å². The highest BCUT2D eigenvalue weighted by Crippen LogP contribution is 2.36. The third-order valence-electron chi connectivity index (χ3n) is 7.28. The maximum absolute atomic E-state index is 13.9. The van der Waals surface area contributed by atoms with Gasteiger partial charge >= 0.3 is 12.1 Å². The highest BCUT2D eigenvalue weighted by atomic mass is 19.4. The first kappa shape index (κ1) is 32.2. The second-order valence-electron chi connectivity index (χ2n) is 11.1. The van der Waals surface area contributed by atoms with Crippen molar-refractivity contribution in [1.82, 2.24) is 4.90 Å². The number of rotatable bonds is 12. The maximum atomic E-state index is 13.9. The van der Waals surface area contributed by atoms with Crippen LogP contribution in [0.2, 0.25) is 0 Å². The van der Waals surface area contributed by atoms with Gasteiger partial charge in [-0.25, -0.2) is 13.2 Å². The summed E-state index contributed by atoms with van der Waals surface area (Å²) in [5.41, 5.74) is 0.425. The molecule has 3 nitrogen and oxygen atoms in total. The molecule has 0 radical (unpaired) electrons. The van der Waals surface area contributed by atoms with Crippen molar-refractivity contribution in [3.05, 3.63) is 94.3 Å². The van der Waals surface area contributed by atoms with Gasteiger partial charge in [0.15, 0.2) is 17.5 Å². The fourth-order valence-electron chi connectivity index (χ4n) is 4.87. The molecule has 3 aromatic carbocycles. The average molecular weight is 580 g/mol. The van der Waals surface area contributed by atoms with E-state index in [0.717, 1.165) is 30.7 Å². The minimum absolute atomic E-state index is 0.103. The lowest BCUT2D eigenvalue weighted by atomic mass is 9.77. The van der Waals surface area contributed by atoms with Crippen molar-refractivity contribution in [2.75, 3.05) is 6.54 Å². The number of aliphatic carboxylic acids is 1. The predicted octanol–water partition coefficient (Wildman–Crippen LogP) is 8.98. The molecule has 0 saturated heterocycles. The molecule has 0 saturated carbocycles. The van der Waals surface area contributed by atoms with Crippen LogP contribution in [0.1, 0.15) is 69.2 Å². The van der Waals surface area contributed by atoms with Crippen LogP contribution >= 0.6 is 0 Å². The smallest absolute Gasteiger partial charge is 0.416 e. The normalized spacial score (nSPS) is 13.6. The van der Waals surface area contributed by atoms with Gasteiger partial charge in [-0.2, -0.15) is 13.2 Å². The van der Waals surface area contributed by atoms with Crippen molar-refractivity contribution < 1.29 is 36.2 Å². The zero-order chi connectivity index (χ0) is 30.5. The Balaban J connectivity index is 2.09. The third-order valence-corrected chi connectivity index (χ3v) is 7.28. The number of hydrogen-bond acceptors (Lipinski definition) is 2. The number of carbonyl (C=O) groups is 1. The molecule has 1 unspecified atom stereocenters. The first-order valence-corrected chi connectivity index (χ1v) is 13.5. The van der Waals surface area contributed by atoms with Crippen molar-refractivity contribution in [3.63, 3.8) is 0 Å². The van der Waals surface area contributed by atoms with Crippen LogP contribution in [0.4, 0.5) is 26.3 Å². The summed E-state index contributed by atoms with van der Waals surface area (Å²) in [5.74, 6) is -4.82. The molecule has 0 aliphatic carbocycles. The SMILES string of the molecule is CCCC(C)(C(=O)O)c1cc(CN(CCC(C)C)Cc2cc(F)c(F)c(F)c2)cc(-c2ccc(C(F)(F)F)cc2)c1. The lowest BCUT2D eigenvalue weighted by Crippen LogP contribution is -2.32. The van der Waals surface area contributed by atoms with Gasteiger partial charge in [-0.05, 0) is 96.4 Å². The van der Waals surface area contributed by atoms with Crippen LogP contribution in [0.15, 0.2) is 54.6 Å². The molecule has 41 heavy (non-hydrogen) atoms. The van der Waals surface area contributed by atoms with Crippen LogP contribution in [0.3, 0.4) is 0 Å². The maximum Gasteiger partial charge on any atom is 0.416 e. The molecule has 0 aliphatic rings. The number of alkyl halides is 3. The molecule has 9 heteroatoms. The molecule has 222 valence electrons. The van der Waals surface area contributed by atoms with Gasteiger partial charge in [0, 0.05) is 13.1 Å². The predicted molar refractivity (Wildman–Crippen MR) is 147 cm³/mol. The van der Waals surface area contributed by atoms with Crippen LogP contribution in [0, 0.1) is 23.4 Å². The summed E-state index contributed by atoms with van der Waals surface area (Å²) in [6.45, 7) is 8.45. The van der Waals surface area contributed by atoms with E-state index in [0.29, 0.717) is 47.6 Å². The largest absolute Gasteiger partial charge is 0.481 e. The molecule has 0 fully saturated rings. The molecular weight excluding hydrogens is 544 g/mol. The molecule has 0 bridgehead atoms. The van der Waals surface area contributed by atoms with Crippen LogP contribution in [0.25, 0.3) is 11.1 Å². The Labute approximate surface area is 236 Å². The molecule has 0 spiro atoms. The van der Waals surface area contributed by atoms with Crippen molar-refractivity contribution in [2.24, 2.45) is 5.92 Å². The van der Waals surface area contributed by atoms with Gasteiger partial charge in [-0.1, -0.05) is 45.4 Å². The van der Waals surface area contributed by atoms with Crippen LogP contribution in [-0.2, 0) is 29.5 Å². The molecular formula is C32H35F6NO2. The van der Waals surface area contributed by atoms with Gasteiger partial charge < -0.3 is 5.11 Å². The zero-order valence-electron chi connectivity index (χ0n) is 23.6. The Morgan fingerprint density at radius 3 is 1.90 bits per heavy atom. The summed E-state index contributed by atoms with van der Waals surface area (Å²) >= 11 is 0. The van der Waals surface area contributed by atoms with Gasteiger partial charge in [0.05, 0.1) is 11.0 Å². The summed E-state index contributed by atoms with van der Waals surface area (Å²) < 4.78 is 80.9. The summed E-state index contributed by atoms with van der Waals surface area (Å²) in [4.78, 5) is 14.4. The van der Waals surface area contributed by atoms with E-state index in [-0.39, 0.29) is 18.7 Å². The molecule has 3 aromatic rings. The molecule has 1 atom stereocenters. The third kappa shape index (κ3) is 8.12. The first-order valence-electron chi connectivity index (χ1n) is 13.5. The van der Waals surface area contributed by atoms with Gasteiger partial charge in [-0.3, -0.25) is 9.69 Å². The van der Waals surface area contributed by atoms with Gasteiger partial charge in [0.1, 0.15) is 0 Å². The average Bonchev–Trinajstić information content (AvgIpc) is 2.89. The van der Waals surface area contributed by atoms with E-state index in [2.05, 4.69) is 0 Å². The van der Waals surface area contributed by atoms with E-state index < -0.39 is 40.6 Å². The Morgan fingerprint density at radius 1 is 0.854 bits per heavy atom. The topological polar surface area (TPSA) is 40.5 Å². The van der Waals surface area contributed by atoms with Crippen molar-refractivity contribution >= 4 is 5.97 Å². The van der Waals surface area contributed by atoms with Gasteiger partial charge in [-0.15, -0.1) is 0 Å². The van der Waals surface area contributed by atoms with Crippen LogP contribution in [0.5, 0.6) is 0 Å². The Bertz CT molecular complexity index is 1330. The minimum Gasteiger partial charge on any atom is -0.481 e. The van der Waals surface area contributed by atoms with E-state index in [4.69, 9.17) is 0 Å². The fraction of sp³-hybridized carbons (Fsp3) is 0.406. The second-order valence-corrected chi connectivity index (χ2v) is 11.1. The summed E-state index contributed by atoms with van der Waals surface area (Å²) in [5, 5.41) is 10.2. The first-order chi connectivity index (χ1) is 19.1. The highest BCUT2D eigenvalue weighted by Gasteiger charge is 2.35. The minimum atomic E-state index is -4.50. The van der Waals surface area contributed by atoms with E-state index in [1.807, 2.05) is 25.7 Å². The molecule has 1 N–H and O–H groups in total. The summed E-state index contributed by atoms with van der Waals surface area (Å²) in [6.07, 6.45) is -2.82. The van der Waals surface area contributed by atoms with Gasteiger partial charge in [0.25, 0.3) is 0 Å². The van der Waals surface area contributed by atoms with Crippen LogP contribution < -0.4 is 0 Å². The van der Waals surface area contributed by atoms with E-state index in [1.54, 1.807) is 25.1 Å². The number of nitrogens with zero attached hydrogens (tertiary/aromatic N) is 1. The Hall–Kier alpha value is -3.33. The fourth-order valence-corrected chi connectivity index (χ4v) is 4.87. The summed E-state index contributed by atoms with van der Waals surface area (Å²) in [6, 6.07) is 11.8. The standard InChI is InChI=1S/C32H35F6NO2/c1-5-11-31(4,30(40)41)26-14-21(13-24(17-26)23-6-8-25(9-7-23)32(36,37)38)18-39(12-10-20(2)3)19-22-15-27(33)29(35)28(34)16-22/h6-9,13-17,20H,5,10-12,18-19H2,1-4H3,(H,40,41). The van der Waals surface area contributed by atoms with Crippen LogP contribution in [-0.4, -0.2) is 22.5 Å². The van der Waals surface area contributed by atoms with E-state index in [9.17, 15) is 36.2 Å². The monoisotopic (exact) mass is 579 g/mol. The molecule has 3 rings (SSSR count). The molecule has 0 aliphatic heterocycles.